The number of nitrogens with two attached hydrogens (primary N) is 1. The van der Waals surface area contributed by atoms with Gasteiger partial charge in [0.05, 0.1) is 11.3 Å². The highest BCUT2D eigenvalue weighted by Gasteiger charge is 2.34. The number of hydrogen-bond donors (Lipinski definition) is 1. The van der Waals surface area contributed by atoms with Gasteiger partial charge in [-0.05, 0) is 35.8 Å². The first-order chi connectivity index (χ1) is 11.8. The van der Waals surface area contributed by atoms with E-state index >= 15 is 0 Å². The number of nitrogen functional groups attached to an aromatic ring is 1. The van der Waals surface area contributed by atoms with Crippen LogP contribution in [0.25, 0.3) is 11.2 Å². The molecule has 3 rings (SSSR count). The van der Waals surface area contributed by atoms with Crippen molar-refractivity contribution in [3.63, 3.8) is 0 Å². The highest BCUT2D eigenvalue weighted by atomic mass is 19.4. The van der Waals surface area contributed by atoms with Gasteiger partial charge in [-0.1, -0.05) is 13.8 Å². The van der Waals surface area contributed by atoms with E-state index < -0.39 is 11.7 Å². The highest BCUT2D eigenvalue weighted by molar-refractivity contribution is 5.85. The minimum Gasteiger partial charge on any atom is -0.396 e. The summed E-state index contributed by atoms with van der Waals surface area (Å²) in [7, 11) is 0. The molecule has 0 saturated carbocycles. The Morgan fingerprint density at radius 3 is 2.48 bits per heavy atom. The van der Waals surface area contributed by atoms with E-state index in [4.69, 9.17) is 5.73 Å². The fourth-order valence-electron chi connectivity index (χ4n) is 2.42. The van der Waals surface area contributed by atoms with Gasteiger partial charge in [0.2, 0.25) is 5.65 Å². The fraction of sp³-hybridized carbons (Fsp3) is 0.375. The summed E-state index contributed by atoms with van der Waals surface area (Å²) in [6.45, 7) is 7.28. The lowest BCUT2D eigenvalue weighted by Crippen LogP contribution is -2.12. The summed E-state index contributed by atoms with van der Waals surface area (Å²) in [5.74, 6) is 0. The summed E-state index contributed by atoms with van der Waals surface area (Å²) < 4.78 is 44.1. The molecule has 0 amide bonds. The zero-order valence-electron chi connectivity index (χ0n) is 14.3. The predicted octanol–water partition coefficient (Wildman–Crippen LogP) is 3.85. The largest absolute Gasteiger partial charge is 0.418 e. The molecule has 3 heterocycles. The molecule has 0 bridgehead atoms. The zero-order valence-corrected chi connectivity index (χ0v) is 14.3. The normalized spacial score (nSPS) is 11.3. The minimum atomic E-state index is -4.49. The first kappa shape index (κ1) is 18.6. The maximum Gasteiger partial charge on any atom is 0.418 e. The topological polar surface area (TPSA) is 90.7 Å². The summed E-state index contributed by atoms with van der Waals surface area (Å²) in [5.41, 5.74) is 7.42. The van der Waals surface area contributed by atoms with Crippen LogP contribution in [0.5, 0.6) is 0 Å². The Bertz CT molecular complexity index is 889. The third kappa shape index (κ3) is 3.70. The van der Waals surface area contributed by atoms with E-state index in [0.717, 1.165) is 6.20 Å². The van der Waals surface area contributed by atoms with Crippen molar-refractivity contribution in [2.45, 2.75) is 40.3 Å². The van der Waals surface area contributed by atoms with Gasteiger partial charge in [-0.3, -0.25) is 4.98 Å². The summed E-state index contributed by atoms with van der Waals surface area (Å²) in [4.78, 5) is 7.89. The number of pyridine rings is 2. The van der Waals surface area contributed by atoms with E-state index in [0.29, 0.717) is 17.0 Å². The molecule has 0 aliphatic heterocycles. The maximum atomic E-state index is 13.2. The van der Waals surface area contributed by atoms with Crippen molar-refractivity contribution >= 4 is 16.9 Å². The smallest absolute Gasteiger partial charge is 0.396 e. The standard InChI is InChI=1S/C14H12F3N5O.C2H6/c1-6-3-8(10(5-19-6)14(15,16)17)4-9-7(2)20-13-12(11(9)18)21-23-22-13;1-2/h3,5H,4,18H2,1-2H3;1-2H3. The van der Waals surface area contributed by atoms with Gasteiger partial charge < -0.3 is 5.73 Å². The van der Waals surface area contributed by atoms with Crippen molar-refractivity contribution in [3.05, 3.63) is 40.3 Å². The van der Waals surface area contributed by atoms with Crippen LogP contribution in [0.1, 0.15) is 41.9 Å². The van der Waals surface area contributed by atoms with Crippen molar-refractivity contribution in [2.75, 3.05) is 5.73 Å². The number of aromatic nitrogens is 4. The lowest BCUT2D eigenvalue weighted by molar-refractivity contribution is -0.138. The Kier molecular flexibility index (Phi) is 5.24. The molecule has 0 saturated heterocycles. The van der Waals surface area contributed by atoms with Crippen molar-refractivity contribution in [2.24, 2.45) is 0 Å². The number of rotatable bonds is 2. The lowest BCUT2D eigenvalue weighted by atomic mass is 9.98. The SMILES string of the molecule is CC.Cc1cc(Cc2c(C)nc3nonc3c2N)c(C(F)(F)F)cn1. The zero-order chi connectivity index (χ0) is 18.8. The molecule has 2 N–H and O–H groups in total. The number of anilines is 1. The van der Waals surface area contributed by atoms with E-state index in [2.05, 4.69) is 24.9 Å². The number of hydrogen-bond acceptors (Lipinski definition) is 6. The van der Waals surface area contributed by atoms with Crippen molar-refractivity contribution in [1.82, 2.24) is 20.3 Å². The third-order valence-electron chi connectivity index (χ3n) is 3.56. The van der Waals surface area contributed by atoms with Gasteiger partial charge in [-0.15, -0.1) is 0 Å². The molecular formula is C16H18F3N5O. The van der Waals surface area contributed by atoms with Crippen molar-refractivity contribution < 1.29 is 17.8 Å². The van der Waals surface area contributed by atoms with Gasteiger partial charge in [0.25, 0.3) is 0 Å². The summed E-state index contributed by atoms with van der Waals surface area (Å²) in [5, 5.41) is 7.23. The average molecular weight is 353 g/mol. The quantitative estimate of drug-likeness (QED) is 0.752. The van der Waals surface area contributed by atoms with Crippen LogP contribution >= 0.6 is 0 Å². The second-order valence-electron chi connectivity index (χ2n) is 5.18. The monoisotopic (exact) mass is 353 g/mol. The van der Waals surface area contributed by atoms with Gasteiger partial charge in [0, 0.05) is 29.6 Å². The van der Waals surface area contributed by atoms with E-state index in [1.54, 1.807) is 13.8 Å². The molecule has 3 aromatic rings. The molecule has 0 spiro atoms. The van der Waals surface area contributed by atoms with Crippen LogP contribution in [-0.4, -0.2) is 20.3 Å². The van der Waals surface area contributed by atoms with E-state index in [1.807, 2.05) is 13.8 Å². The first-order valence-corrected chi connectivity index (χ1v) is 7.67. The Hall–Kier alpha value is -2.71. The van der Waals surface area contributed by atoms with Crippen LogP contribution in [0.4, 0.5) is 18.9 Å². The number of aryl methyl sites for hydroxylation is 2. The molecule has 0 aromatic carbocycles. The number of nitrogens with zero attached hydrogens (tertiary/aromatic N) is 4. The summed E-state index contributed by atoms with van der Waals surface area (Å²) in [6, 6.07) is 1.40. The Balaban J connectivity index is 0.00000109. The van der Waals surface area contributed by atoms with Gasteiger partial charge in [-0.25, -0.2) is 9.61 Å². The molecular weight excluding hydrogens is 335 g/mol. The van der Waals surface area contributed by atoms with Crippen LogP contribution in [-0.2, 0) is 12.6 Å². The van der Waals surface area contributed by atoms with Crippen LogP contribution in [0.2, 0.25) is 0 Å². The molecule has 6 nitrogen and oxygen atoms in total. The minimum absolute atomic E-state index is 0.0360. The van der Waals surface area contributed by atoms with E-state index in [9.17, 15) is 13.2 Å². The number of alkyl halides is 3. The van der Waals surface area contributed by atoms with Crippen LogP contribution in [0.15, 0.2) is 16.9 Å². The average Bonchev–Trinajstić information content (AvgIpc) is 3.00. The molecule has 0 aliphatic rings. The number of fused-ring (bicyclic) bond motifs is 1. The van der Waals surface area contributed by atoms with E-state index in [-0.39, 0.29) is 28.8 Å². The third-order valence-corrected chi connectivity index (χ3v) is 3.56. The molecule has 0 unspecified atom stereocenters. The van der Waals surface area contributed by atoms with Crippen molar-refractivity contribution in [1.29, 1.82) is 0 Å². The fourth-order valence-corrected chi connectivity index (χ4v) is 2.42. The molecule has 134 valence electrons. The second-order valence-corrected chi connectivity index (χ2v) is 5.18. The Labute approximate surface area is 142 Å². The van der Waals surface area contributed by atoms with Gasteiger partial charge in [0.15, 0.2) is 5.52 Å². The lowest BCUT2D eigenvalue weighted by Gasteiger charge is -2.15. The van der Waals surface area contributed by atoms with Gasteiger partial charge >= 0.3 is 6.18 Å². The molecule has 0 fully saturated rings. The molecule has 3 aromatic heterocycles. The van der Waals surface area contributed by atoms with Gasteiger partial charge in [0.1, 0.15) is 0 Å². The molecule has 25 heavy (non-hydrogen) atoms. The second kappa shape index (κ2) is 7.04. The maximum absolute atomic E-state index is 13.2. The first-order valence-electron chi connectivity index (χ1n) is 7.67. The Morgan fingerprint density at radius 1 is 1.16 bits per heavy atom. The molecule has 9 heteroatoms. The summed E-state index contributed by atoms with van der Waals surface area (Å²) in [6.07, 6.45) is -3.70. The predicted molar refractivity (Wildman–Crippen MR) is 86.9 cm³/mol. The van der Waals surface area contributed by atoms with Crippen molar-refractivity contribution in [3.8, 4) is 0 Å². The van der Waals surface area contributed by atoms with Crippen LogP contribution in [0.3, 0.4) is 0 Å². The van der Waals surface area contributed by atoms with Gasteiger partial charge in [-0.2, -0.15) is 13.2 Å². The van der Waals surface area contributed by atoms with Crippen LogP contribution in [0, 0.1) is 13.8 Å². The summed E-state index contributed by atoms with van der Waals surface area (Å²) >= 11 is 0. The molecule has 0 radical (unpaired) electrons. The molecule has 0 aliphatic carbocycles. The molecule has 0 atom stereocenters. The number of halogens is 3. The van der Waals surface area contributed by atoms with E-state index in [1.165, 1.54) is 6.07 Å². The van der Waals surface area contributed by atoms with Crippen LogP contribution < -0.4 is 5.73 Å². The highest BCUT2D eigenvalue weighted by Crippen LogP contribution is 2.34. The Morgan fingerprint density at radius 2 is 1.84 bits per heavy atom.